The molecule has 1 aromatic carbocycles. The molecule has 6 nitrogen and oxygen atoms in total. The van der Waals surface area contributed by atoms with Gasteiger partial charge in [-0.2, -0.15) is 0 Å². The smallest absolute Gasteiger partial charge is 0.253 e. The lowest BCUT2D eigenvalue weighted by molar-refractivity contribution is -0.117. The molecule has 6 heteroatoms. The van der Waals surface area contributed by atoms with Crippen LogP contribution >= 0.6 is 0 Å². The Morgan fingerprint density at radius 1 is 1.20 bits per heavy atom. The Bertz CT molecular complexity index is 868. The molecule has 0 unspecified atom stereocenters. The largest absolute Gasteiger partial charge is 0.348 e. The maximum atomic E-state index is 12.3. The molecule has 2 amide bonds. The highest BCUT2D eigenvalue weighted by Gasteiger charge is 2.21. The molecule has 2 heterocycles. The molecule has 0 atom stereocenters. The van der Waals surface area contributed by atoms with Gasteiger partial charge in [0.15, 0.2) is 0 Å². The maximum Gasteiger partial charge on any atom is 0.253 e. The van der Waals surface area contributed by atoms with Gasteiger partial charge in [-0.25, -0.2) is 0 Å². The Morgan fingerprint density at radius 3 is 2.52 bits per heavy atom. The third-order valence-corrected chi connectivity index (χ3v) is 4.43. The van der Waals surface area contributed by atoms with Crippen molar-refractivity contribution in [3.63, 3.8) is 0 Å². The molecular weight excluding hydrogens is 318 g/mol. The topological polar surface area (TPSA) is 82.3 Å². The van der Waals surface area contributed by atoms with Crippen LogP contribution < -0.4 is 15.8 Å². The highest BCUT2D eigenvalue weighted by Crippen LogP contribution is 2.21. The second-order valence-corrected chi connectivity index (χ2v) is 6.32. The molecule has 0 radical (unpaired) electrons. The highest BCUT2D eigenvalue weighted by atomic mass is 16.2. The van der Waals surface area contributed by atoms with Crippen molar-refractivity contribution in [2.45, 2.75) is 33.2 Å². The van der Waals surface area contributed by atoms with E-state index < -0.39 is 0 Å². The van der Waals surface area contributed by atoms with Crippen LogP contribution in [0, 0.1) is 13.8 Å². The summed E-state index contributed by atoms with van der Waals surface area (Å²) in [6.07, 6.45) is 1.44. The van der Waals surface area contributed by atoms with Crippen molar-refractivity contribution < 1.29 is 9.59 Å². The molecule has 3 rings (SSSR count). The molecule has 2 aromatic rings. The van der Waals surface area contributed by atoms with Crippen LogP contribution in [0.4, 0.5) is 5.69 Å². The van der Waals surface area contributed by atoms with Gasteiger partial charge < -0.3 is 15.2 Å². The van der Waals surface area contributed by atoms with Crippen molar-refractivity contribution in [3.8, 4) is 0 Å². The average Bonchev–Trinajstić information content (AvgIpc) is 3.00. The number of hydrogen-bond acceptors (Lipinski definition) is 3. The number of benzene rings is 1. The molecule has 25 heavy (non-hydrogen) atoms. The second kappa shape index (κ2) is 6.93. The number of anilines is 1. The number of aryl methyl sites for hydroxylation is 2. The zero-order chi connectivity index (χ0) is 18.0. The van der Waals surface area contributed by atoms with Gasteiger partial charge in [-0.1, -0.05) is 0 Å². The summed E-state index contributed by atoms with van der Waals surface area (Å²) in [6.45, 7) is 4.57. The first kappa shape index (κ1) is 17.0. The molecule has 0 spiro atoms. The van der Waals surface area contributed by atoms with E-state index in [4.69, 9.17) is 0 Å². The van der Waals surface area contributed by atoms with E-state index in [1.165, 1.54) is 0 Å². The molecule has 1 aliphatic rings. The molecule has 1 aliphatic heterocycles. The number of aromatic amines is 1. The van der Waals surface area contributed by atoms with Crippen molar-refractivity contribution in [1.29, 1.82) is 0 Å². The summed E-state index contributed by atoms with van der Waals surface area (Å²) in [5.74, 6) is -0.134. The Balaban J connectivity index is 1.68. The van der Waals surface area contributed by atoms with E-state index in [1.807, 2.05) is 19.9 Å². The quantitative estimate of drug-likeness (QED) is 0.894. The molecule has 130 valence electrons. The Kier molecular flexibility index (Phi) is 4.70. The van der Waals surface area contributed by atoms with Crippen LogP contribution in [0.5, 0.6) is 0 Å². The SMILES string of the molecule is Cc1cc(C)c(CNC(=O)c2ccc(N3CCCC3=O)cc2)c(=O)[nH]1. The van der Waals surface area contributed by atoms with Gasteiger partial charge in [0.1, 0.15) is 0 Å². The van der Waals surface area contributed by atoms with Crippen molar-refractivity contribution >= 4 is 17.5 Å². The summed E-state index contributed by atoms with van der Waals surface area (Å²) >= 11 is 0. The zero-order valence-corrected chi connectivity index (χ0v) is 14.4. The van der Waals surface area contributed by atoms with Gasteiger partial charge in [0.2, 0.25) is 5.91 Å². The molecule has 1 saturated heterocycles. The normalized spacial score (nSPS) is 14.0. The minimum absolute atomic E-state index is 0.117. The Morgan fingerprint density at radius 2 is 1.92 bits per heavy atom. The molecule has 1 fully saturated rings. The van der Waals surface area contributed by atoms with E-state index in [2.05, 4.69) is 10.3 Å². The number of pyridine rings is 1. The zero-order valence-electron chi connectivity index (χ0n) is 14.4. The number of aromatic nitrogens is 1. The first-order valence-corrected chi connectivity index (χ1v) is 8.34. The van der Waals surface area contributed by atoms with Gasteiger partial charge >= 0.3 is 0 Å². The summed E-state index contributed by atoms with van der Waals surface area (Å²) in [6, 6.07) is 8.83. The first-order valence-electron chi connectivity index (χ1n) is 8.34. The lowest BCUT2D eigenvalue weighted by Crippen LogP contribution is -2.28. The third-order valence-electron chi connectivity index (χ3n) is 4.43. The molecule has 1 aromatic heterocycles. The average molecular weight is 339 g/mol. The van der Waals surface area contributed by atoms with Crippen molar-refractivity contribution in [2.75, 3.05) is 11.4 Å². The van der Waals surface area contributed by atoms with Gasteiger partial charge in [-0.3, -0.25) is 14.4 Å². The summed E-state index contributed by atoms with van der Waals surface area (Å²) in [5, 5.41) is 2.77. The fraction of sp³-hybridized carbons (Fsp3) is 0.316. The fourth-order valence-electron chi connectivity index (χ4n) is 3.09. The number of amides is 2. The monoisotopic (exact) mass is 339 g/mol. The third kappa shape index (κ3) is 3.63. The first-order chi connectivity index (χ1) is 12.0. The van der Waals surface area contributed by atoms with E-state index in [0.29, 0.717) is 17.5 Å². The highest BCUT2D eigenvalue weighted by molar-refractivity contribution is 5.97. The van der Waals surface area contributed by atoms with E-state index in [-0.39, 0.29) is 23.9 Å². The number of rotatable bonds is 4. The lowest BCUT2D eigenvalue weighted by atomic mass is 10.1. The van der Waals surface area contributed by atoms with Crippen molar-refractivity contribution in [2.24, 2.45) is 0 Å². The number of nitrogens with zero attached hydrogens (tertiary/aromatic N) is 1. The Labute approximate surface area is 145 Å². The molecular formula is C19H21N3O3. The van der Waals surface area contributed by atoms with Crippen LogP contribution in [0.25, 0.3) is 0 Å². The van der Waals surface area contributed by atoms with Crippen molar-refractivity contribution in [3.05, 3.63) is 63.1 Å². The van der Waals surface area contributed by atoms with Crippen LogP contribution in [0.15, 0.2) is 35.1 Å². The summed E-state index contributed by atoms with van der Waals surface area (Å²) in [5.41, 5.74) is 3.33. The van der Waals surface area contributed by atoms with E-state index in [9.17, 15) is 14.4 Å². The number of nitrogens with one attached hydrogen (secondary N) is 2. The summed E-state index contributed by atoms with van der Waals surface area (Å²) in [7, 11) is 0. The van der Waals surface area contributed by atoms with Crippen LogP contribution in [0.3, 0.4) is 0 Å². The number of carbonyl (C=O) groups excluding carboxylic acids is 2. The van der Waals surface area contributed by atoms with Gasteiger partial charge in [0.25, 0.3) is 11.5 Å². The fourth-order valence-corrected chi connectivity index (χ4v) is 3.09. The van der Waals surface area contributed by atoms with Crippen LogP contribution in [-0.4, -0.2) is 23.3 Å². The van der Waals surface area contributed by atoms with E-state index in [1.54, 1.807) is 29.2 Å². The Hall–Kier alpha value is -2.89. The molecule has 0 aliphatic carbocycles. The number of H-pyrrole nitrogens is 1. The molecule has 2 N–H and O–H groups in total. The maximum absolute atomic E-state index is 12.3. The molecule has 0 saturated carbocycles. The van der Waals surface area contributed by atoms with Gasteiger partial charge in [-0.05, 0) is 56.2 Å². The standard InChI is InChI=1S/C19H21N3O3/c1-12-10-13(2)21-19(25)16(12)11-20-18(24)14-5-7-15(8-6-14)22-9-3-4-17(22)23/h5-8,10H,3-4,9,11H2,1-2H3,(H,20,24)(H,21,25). The minimum Gasteiger partial charge on any atom is -0.348 e. The predicted octanol–water partition coefficient (Wildman–Crippen LogP) is 2.05. The van der Waals surface area contributed by atoms with Crippen LogP contribution in [0.1, 0.15) is 40.0 Å². The predicted molar refractivity (Wildman–Crippen MR) is 95.7 cm³/mol. The number of hydrogen-bond donors (Lipinski definition) is 2. The van der Waals surface area contributed by atoms with Crippen LogP contribution in [-0.2, 0) is 11.3 Å². The van der Waals surface area contributed by atoms with Crippen molar-refractivity contribution in [1.82, 2.24) is 10.3 Å². The molecule has 0 bridgehead atoms. The second-order valence-electron chi connectivity index (χ2n) is 6.32. The minimum atomic E-state index is -0.251. The van der Waals surface area contributed by atoms with Gasteiger partial charge in [0.05, 0.1) is 0 Å². The van der Waals surface area contributed by atoms with Gasteiger partial charge in [0, 0.05) is 42.0 Å². The van der Waals surface area contributed by atoms with Crippen LogP contribution in [0.2, 0.25) is 0 Å². The summed E-state index contributed by atoms with van der Waals surface area (Å²) in [4.78, 5) is 40.5. The summed E-state index contributed by atoms with van der Waals surface area (Å²) < 4.78 is 0. The lowest BCUT2D eigenvalue weighted by Gasteiger charge is -2.16. The van der Waals surface area contributed by atoms with Gasteiger partial charge in [-0.15, -0.1) is 0 Å². The van der Waals surface area contributed by atoms with E-state index >= 15 is 0 Å². The number of carbonyl (C=O) groups is 2. The van der Waals surface area contributed by atoms with E-state index in [0.717, 1.165) is 29.9 Å².